The zero-order valence-electron chi connectivity index (χ0n) is 9.20. The fourth-order valence-electron chi connectivity index (χ4n) is 1.76. The Kier molecular flexibility index (Phi) is 4.66. The topological polar surface area (TPSA) is 23.6 Å². The van der Waals surface area contributed by atoms with Gasteiger partial charge in [0.25, 0.3) is 0 Å². The molecular formula is C11H20N2O. The summed E-state index contributed by atoms with van der Waals surface area (Å²) < 4.78 is 0. The average molecular weight is 196 g/mol. The van der Waals surface area contributed by atoms with E-state index in [1.165, 1.54) is 6.42 Å². The number of hydrogen-bond donors (Lipinski definition) is 0. The van der Waals surface area contributed by atoms with Crippen molar-refractivity contribution in [2.75, 3.05) is 32.7 Å². The third-order valence-electron chi connectivity index (χ3n) is 2.53. The number of carbonyl (C=O) groups excluding carboxylic acids is 1. The molecule has 0 aromatic rings. The van der Waals surface area contributed by atoms with E-state index in [0.29, 0.717) is 0 Å². The van der Waals surface area contributed by atoms with Crippen molar-refractivity contribution in [3.8, 4) is 0 Å². The summed E-state index contributed by atoms with van der Waals surface area (Å²) in [7, 11) is 0. The summed E-state index contributed by atoms with van der Waals surface area (Å²) >= 11 is 0. The molecular weight excluding hydrogens is 176 g/mol. The van der Waals surface area contributed by atoms with E-state index in [-0.39, 0.29) is 5.91 Å². The minimum Gasteiger partial charge on any atom is -0.337 e. The second-order valence-electron chi connectivity index (χ2n) is 3.67. The minimum absolute atomic E-state index is 0.156. The lowest BCUT2D eigenvalue weighted by Crippen LogP contribution is -2.48. The highest BCUT2D eigenvalue weighted by Crippen LogP contribution is 2.03. The van der Waals surface area contributed by atoms with Crippen LogP contribution in [-0.2, 0) is 4.79 Å². The van der Waals surface area contributed by atoms with Gasteiger partial charge in [0.15, 0.2) is 0 Å². The first-order chi connectivity index (χ1) is 6.77. The molecule has 3 nitrogen and oxygen atoms in total. The summed E-state index contributed by atoms with van der Waals surface area (Å²) in [6.45, 7) is 9.04. The van der Waals surface area contributed by atoms with Crippen molar-refractivity contribution in [3.63, 3.8) is 0 Å². The van der Waals surface area contributed by atoms with Gasteiger partial charge in [-0.3, -0.25) is 9.69 Å². The molecule has 0 aromatic heterocycles. The number of nitrogens with zero attached hydrogens (tertiary/aromatic N) is 2. The van der Waals surface area contributed by atoms with Gasteiger partial charge in [0.05, 0.1) is 0 Å². The molecule has 0 unspecified atom stereocenters. The maximum atomic E-state index is 11.5. The van der Waals surface area contributed by atoms with Crippen LogP contribution in [0, 0.1) is 0 Å². The average Bonchev–Trinajstić information content (AvgIpc) is 2.20. The lowest BCUT2D eigenvalue weighted by Gasteiger charge is -2.33. The molecule has 0 atom stereocenters. The Morgan fingerprint density at radius 2 is 1.93 bits per heavy atom. The summed E-state index contributed by atoms with van der Waals surface area (Å²) in [5, 5.41) is 0. The van der Waals surface area contributed by atoms with Gasteiger partial charge in [-0.25, -0.2) is 0 Å². The maximum absolute atomic E-state index is 11.5. The molecule has 0 aromatic carbocycles. The summed E-state index contributed by atoms with van der Waals surface area (Å²) in [6.07, 6.45) is 4.65. The van der Waals surface area contributed by atoms with Gasteiger partial charge in [0.1, 0.15) is 0 Å². The number of piperazine rings is 1. The van der Waals surface area contributed by atoms with Gasteiger partial charge in [-0.15, -0.1) is 0 Å². The third-order valence-corrected chi connectivity index (χ3v) is 2.53. The fourth-order valence-corrected chi connectivity index (χ4v) is 1.76. The van der Waals surface area contributed by atoms with Gasteiger partial charge in [-0.1, -0.05) is 13.0 Å². The Labute approximate surface area is 86.4 Å². The Hall–Kier alpha value is -0.830. The molecule has 1 aliphatic heterocycles. The smallest absolute Gasteiger partial charge is 0.246 e. The quantitative estimate of drug-likeness (QED) is 0.631. The van der Waals surface area contributed by atoms with Gasteiger partial charge < -0.3 is 4.90 Å². The lowest BCUT2D eigenvalue weighted by atomic mass is 10.3. The van der Waals surface area contributed by atoms with Gasteiger partial charge in [0, 0.05) is 26.2 Å². The Bertz CT molecular complexity index is 205. The van der Waals surface area contributed by atoms with Gasteiger partial charge in [-0.05, 0) is 26.0 Å². The number of carbonyl (C=O) groups is 1. The molecule has 1 aliphatic rings. The van der Waals surface area contributed by atoms with Crippen LogP contribution in [0.2, 0.25) is 0 Å². The zero-order chi connectivity index (χ0) is 10.4. The number of allylic oxidation sites excluding steroid dienone is 1. The second kappa shape index (κ2) is 5.81. The number of rotatable bonds is 3. The van der Waals surface area contributed by atoms with E-state index in [9.17, 15) is 4.79 Å². The molecule has 0 radical (unpaired) electrons. The molecule has 1 saturated heterocycles. The molecule has 0 bridgehead atoms. The molecule has 1 rings (SSSR count). The van der Waals surface area contributed by atoms with Crippen LogP contribution in [0.4, 0.5) is 0 Å². The first-order valence-corrected chi connectivity index (χ1v) is 5.42. The van der Waals surface area contributed by atoms with Crippen molar-refractivity contribution in [2.24, 2.45) is 0 Å². The molecule has 1 fully saturated rings. The maximum Gasteiger partial charge on any atom is 0.246 e. The van der Waals surface area contributed by atoms with Crippen molar-refractivity contribution in [1.82, 2.24) is 9.80 Å². The molecule has 1 amide bonds. The minimum atomic E-state index is 0.156. The molecule has 0 aliphatic carbocycles. The highest BCUT2D eigenvalue weighted by Gasteiger charge is 2.18. The predicted molar refractivity (Wildman–Crippen MR) is 58.1 cm³/mol. The standard InChI is InChI=1S/C11H20N2O/c1-3-5-11(14)13-9-7-12(6-4-2)8-10-13/h3,5H,4,6-10H2,1-2H3/b5-3+. The molecule has 0 saturated carbocycles. The fraction of sp³-hybridized carbons (Fsp3) is 0.727. The molecule has 14 heavy (non-hydrogen) atoms. The summed E-state index contributed by atoms with van der Waals surface area (Å²) in [6, 6.07) is 0. The SMILES string of the molecule is C/C=C/C(=O)N1CCN(CCC)CC1. The van der Waals surface area contributed by atoms with Crippen LogP contribution >= 0.6 is 0 Å². The molecule has 1 heterocycles. The number of amides is 1. The van der Waals surface area contributed by atoms with E-state index < -0.39 is 0 Å². The van der Waals surface area contributed by atoms with Gasteiger partial charge >= 0.3 is 0 Å². The van der Waals surface area contributed by atoms with Crippen LogP contribution in [0.3, 0.4) is 0 Å². The van der Waals surface area contributed by atoms with E-state index in [0.717, 1.165) is 32.7 Å². The van der Waals surface area contributed by atoms with Crippen LogP contribution in [0.25, 0.3) is 0 Å². The van der Waals surface area contributed by atoms with E-state index in [4.69, 9.17) is 0 Å². The van der Waals surface area contributed by atoms with Crippen LogP contribution in [0.5, 0.6) is 0 Å². The Balaban J connectivity index is 2.31. The van der Waals surface area contributed by atoms with Gasteiger partial charge in [-0.2, -0.15) is 0 Å². The van der Waals surface area contributed by atoms with Crippen LogP contribution in [-0.4, -0.2) is 48.4 Å². The van der Waals surface area contributed by atoms with E-state index in [1.807, 2.05) is 11.8 Å². The first-order valence-electron chi connectivity index (χ1n) is 5.42. The van der Waals surface area contributed by atoms with Crippen LogP contribution in [0.15, 0.2) is 12.2 Å². The van der Waals surface area contributed by atoms with Gasteiger partial charge in [0.2, 0.25) is 5.91 Å². The summed E-state index contributed by atoms with van der Waals surface area (Å²) in [5.74, 6) is 0.156. The van der Waals surface area contributed by atoms with E-state index in [2.05, 4.69) is 11.8 Å². The molecule has 3 heteroatoms. The largest absolute Gasteiger partial charge is 0.337 e. The Morgan fingerprint density at radius 1 is 1.29 bits per heavy atom. The Morgan fingerprint density at radius 3 is 2.43 bits per heavy atom. The summed E-state index contributed by atoms with van der Waals surface area (Å²) in [4.78, 5) is 15.8. The zero-order valence-corrected chi connectivity index (χ0v) is 9.20. The lowest BCUT2D eigenvalue weighted by molar-refractivity contribution is -0.127. The van der Waals surface area contributed by atoms with E-state index in [1.54, 1.807) is 12.2 Å². The number of hydrogen-bond acceptors (Lipinski definition) is 2. The second-order valence-corrected chi connectivity index (χ2v) is 3.67. The highest BCUT2D eigenvalue weighted by molar-refractivity contribution is 5.87. The normalized spacial score (nSPS) is 19.1. The monoisotopic (exact) mass is 196 g/mol. The molecule has 80 valence electrons. The van der Waals surface area contributed by atoms with Crippen molar-refractivity contribution in [2.45, 2.75) is 20.3 Å². The molecule has 0 N–H and O–H groups in total. The highest BCUT2D eigenvalue weighted by atomic mass is 16.2. The predicted octanol–water partition coefficient (Wildman–Crippen LogP) is 1.12. The van der Waals surface area contributed by atoms with Crippen molar-refractivity contribution in [3.05, 3.63) is 12.2 Å². The van der Waals surface area contributed by atoms with Crippen LogP contribution < -0.4 is 0 Å². The van der Waals surface area contributed by atoms with Crippen LogP contribution in [0.1, 0.15) is 20.3 Å². The molecule has 0 spiro atoms. The van der Waals surface area contributed by atoms with Crippen molar-refractivity contribution >= 4 is 5.91 Å². The van der Waals surface area contributed by atoms with Crippen molar-refractivity contribution in [1.29, 1.82) is 0 Å². The first kappa shape index (κ1) is 11.2. The third kappa shape index (κ3) is 3.14. The summed E-state index contributed by atoms with van der Waals surface area (Å²) in [5.41, 5.74) is 0. The van der Waals surface area contributed by atoms with Crippen molar-refractivity contribution < 1.29 is 4.79 Å². The van der Waals surface area contributed by atoms with E-state index >= 15 is 0 Å².